The van der Waals surface area contributed by atoms with Gasteiger partial charge < -0.3 is 5.73 Å². The summed E-state index contributed by atoms with van der Waals surface area (Å²) in [5.74, 6) is 0.0169. The monoisotopic (exact) mass is 295 g/mol. The molecule has 8 heteroatoms. The summed E-state index contributed by atoms with van der Waals surface area (Å²) >= 11 is 0. The zero-order valence-corrected chi connectivity index (χ0v) is 12.0. The van der Waals surface area contributed by atoms with E-state index in [9.17, 15) is 8.42 Å². The normalized spacial score (nSPS) is 11.7. The summed E-state index contributed by atoms with van der Waals surface area (Å²) in [6, 6.07) is 3.69. The summed E-state index contributed by atoms with van der Waals surface area (Å²) < 4.78 is 28.2. The molecule has 0 aromatic carbocycles. The summed E-state index contributed by atoms with van der Waals surface area (Å²) in [4.78, 5) is 3.93. The number of nitrogens with two attached hydrogens (primary N) is 1. The van der Waals surface area contributed by atoms with Crippen molar-refractivity contribution in [3.63, 3.8) is 0 Å². The molecule has 3 N–H and O–H groups in total. The minimum absolute atomic E-state index is 0.0169. The van der Waals surface area contributed by atoms with Crippen LogP contribution in [-0.2, 0) is 23.0 Å². The van der Waals surface area contributed by atoms with Crippen molar-refractivity contribution in [1.29, 1.82) is 0 Å². The summed E-state index contributed by atoms with van der Waals surface area (Å²) in [5.41, 5.74) is 6.64. The molecule has 0 unspecified atom stereocenters. The second-order valence-electron chi connectivity index (χ2n) is 4.24. The van der Waals surface area contributed by atoms with Gasteiger partial charge in [0.05, 0.1) is 0 Å². The number of rotatable bonds is 6. The van der Waals surface area contributed by atoms with Crippen molar-refractivity contribution < 1.29 is 8.42 Å². The molecule has 108 valence electrons. The van der Waals surface area contributed by atoms with Crippen LogP contribution < -0.4 is 10.5 Å². The fourth-order valence-electron chi connectivity index (χ4n) is 1.74. The molecule has 0 aliphatic rings. The zero-order valence-electron chi connectivity index (χ0n) is 11.2. The fourth-order valence-corrected chi connectivity index (χ4v) is 2.85. The van der Waals surface area contributed by atoms with Crippen LogP contribution in [0.3, 0.4) is 0 Å². The molecule has 0 aliphatic heterocycles. The van der Waals surface area contributed by atoms with E-state index in [-0.39, 0.29) is 10.7 Å². The molecule has 0 saturated carbocycles. The van der Waals surface area contributed by atoms with E-state index in [0.29, 0.717) is 19.5 Å². The lowest BCUT2D eigenvalue weighted by Gasteiger charge is -2.05. The number of sulfonamides is 1. The SMILES string of the molecule is CCn1cc(S(=O)(=O)NCCc2ccncc2)c(N)n1. The lowest BCUT2D eigenvalue weighted by Crippen LogP contribution is -2.26. The van der Waals surface area contributed by atoms with Gasteiger partial charge >= 0.3 is 0 Å². The molecule has 0 spiro atoms. The van der Waals surface area contributed by atoms with Gasteiger partial charge in [-0.25, -0.2) is 13.1 Å². The Labute approximate surface area is 117 Å². The van der Waals surface area contributed by atoms with Crippen LogP contribution in [0.25, 0.3) is 0 Å². The van der Waals surface area contributed by atoms with Crippen molar-refractivity contribution in [3.8, 4) is 0 Å². The summed E-state index contributed by atoms with van der Waals surface area (Å²) in [6.07, 6.45) is 5.37. The van der Waals surface area contributed by atoms with Crippen molar-refractivity contribution in [2.24, 2.45) is 0 Å². The van der Waals surface area contributed by atoms with E-state index >= 15 is 0 Å². The molecule has 0 amide bonds. The minimum atomic E-state index is -3.62. The first-order chi connectivity index (χ1) is 9.53. The van der Waals surface area contributed by atoms with Crippen LogP contribution in [0.5, 0.6) is 0 Å². The van der Waals surface area contributed by atoms with Crippen molar-refractivity contribution in [3.05, 3.63) is 36.3 Å². The molecular formula is C12H17N5O2S. The third kappa shape index (κ3) is 3.34. The molecule has 7 nitrogen and oxygen atoms in total. The van der Waals surface area contributed by atoms with Gasteiger partial charge in [0.25, 0.3) is 0 Å². The molecule has 2 aromatic rings. The fraction of sp³-hybridized carbons (Fsp3) is 0.333. The van der Waals surface area contributed by atoms with Gasteiger partial charge in [-0.1, -0.05) is 0 Å². The number of anilines is 1. The zero-order chi connectivity index (χ0) is 14.6. The Hall–Kier alpha value is -1.93. The number of nitrogens with zero attached hydrogens (tertiary/aromatic N) is 3. The molecular weight excluding hydrogens is 278 g/mol. The second-order valence-corrected chi connectivity index (χ2v) is 5.97. The van der Waals surface area contributed by atoms with Crippen LogP contribution >= 0.6 is 0 Å². The van der Waals surface area contributed by atoms with Crippen LogP contribution in [0.1, 0.15) is 12.5 Å². The molecule has 2 aromatic heterocycles. The number of nitrogens with one attached hydrogen (secondary N) is 1. The van der Waals surface area contributed by atoms with Gasteiger partial charge in [-0.2, -0.15) is 5.10 Å². The molecule has 0 saturated heterocycles. The minimum Gasteiger partial charge on any atom is -0.381 e. The highest BCUT2D eigenvalue weighted by Gasteiger charge is 2.20. The van der Waals surface area contributed by atoms with E-state index in [2.05, 4.69) is 14.8 Å². The largest absolute Gasteiger partial charge is 0.381 e. The lowest BCUT2D eigenvalue weighted by molar-refractivity contribution is 0.581. The van der Waals surface area contributed by atoms with Crippen LogP contribution in [0.4, 0.5) is 5.82 Å². The smallest absolute Gasteiger partial charge is 0.245 e. The van der Waals surface area contributed by atoms with E-state index in [1.165, 1.54) is 10.9 Å². The molecule has 0 bridgehead atoms. The molecule has 0 aliphatic carbocycles. The van der Waals surface area contributed by atoms with Crippen LogP contribution in [0.15, 0.2) is 35.6 Å². The first kappa shape index (κ1) is 14.5. The third-order valence-corrected chi connectivity index (χ3v) is 4.30. The molecule has 2 rings (SSSR count). The number of hydrogen-bond donors (Lipinski definition) is 2. The maximum atomic E-state index is 12.1. The van der Waals surface area contributed by atoms with Gasteiger partial charge in [0.15, 0.2) is 5.82 Å². The Kier molecular flexibility index (Phi) is 4.35. The average Bonchev–Trinajstić information content (AvgIpc) is 2.82. The van der Waals surface area contributed by atoms with E-state index in [0.717, 1.165) is 5.56 Å². The second kappa shape index (κ2) is 6.02. The van der Waals surface area contributed by atoms with Gasteiger partial charge in [-0.3, -0.25) is 9.67 Å². The van der Waals surface area contributed by atoms with Gasteiger partial charge in [0.1, 0.15) is 4.90 Å². The summed E-state index contributed by atoms with van der Waals surface area (Å²) in [7, 11) is -3.62. The van der Waals surface area contributed by atoms with Crippen molar-refractivity contribution in [2.45, 2.75) is 24.8 Å². The van der Waals surface area contributed by atoms with E-state index in [4.69, 9.17) is 5.73 Å². The highest BCUT2D eigenvalue weighted by atomic mass is 32.2. The summed E-state index contributed by atoms with van der Waals surface area (Å²) in [6.45, 7) is 2.72. The first-order valence-corrected chi connectivity index (χ1v) is 7.72. The standard InChI is InChI=1S/C12H17N5O2S/c1-2-17-9-11(12(13)16-17)20(18,19)15-8-5-10-3-6-14-7-4-10/h3-4,6-7,9,15H,2,5,8H2,1H3,(H2,13,16). The van der Waals surface area contributed by atoms with E-state index < -0.39 is 10.0 Å². The van der Waals surface area contributed by atoms with E-state index in [1.54, 1.807) is 12.4 Å². The quantitative estimate of drug-likeness (QED) is 0.803. The number of hydrogen-bond acceptors (Lipinski definition) is 5. The summed E-state index contributed by atoms with van der Waals surface area (Å²) in [5, 5.41) is 3.93. The van der Waals surface area contributed by atoms with Gasteiger partial charge in [-0.15, -0.1) is 0 Å². The number of pyridine rings is 1. The Morgan fingerprint density at radius 2 is 2.05 bits per heavy atom. The Morgan fingerprint density at radius 1 is 1.35 bits per heavy atom. The predicted molar refractivity (Wildman–Crippen MR) is 75.4 cm³/mol. The van der Waals surface area contributed by atoms with Gasteiger partial charge in [-0.05, 0) is 31.0 Å². The van der Waals surface area contributed by atoms with Crippen molar-refractivity contribution >= 4 is 15.8 Å². The maximum Gasteiger partial charge on any atom is 0.245 e. The molecule has 0 atom stereocenters. The van der Waals surface area contributed by atoms with E-state index in [1.807, 2.05) is 19.1 Å². The highest BCUT2D eigenvalue weighted by molar-refractivity contribution is 7.89. The Bertz CT molecular complexity index is 666. The Balaban J connectivity index is 2.02. The third-order valence-electron chi connectivity index (χ3n) is 2.82. The van der Waals surface area contributed by atoms with Crippen molar-refractivity contribution in [2.75, 3.05) is 12.3 Å². The number of aryl methyl sites for hydroxylation is 1. The highest BCUT2D eigenvalue weighted by Crippen LogP contribution is 2.15. The average molecular weight is 295 g/mol. The maximum absolute atomic E-state index is 12.1. The molecule has 0 fully saturated rings. The topological polar surface area (TPSA) is 103 Å². The molecule has 20 heavy (non-hydrogen) atoms. The predicted octanol–water partition coefficient (Wildman–Crippen LogP) is 0.401. The number of aromatic nitrogens is 3. The van der Waals surface area contributed by atoms with Crippen molar-refractivity contribution in [1.82, 2.24) is 19.5 Å². The van der Waals surface area contributed by atoms with Crippen LogP contribution in [0.2, 0.25) is 0 Å². The van der Waals surface area contributed by atoms with Crippen LogP contribution in [0, 0.1) is 0 Å². The van der Waals surface area contributed by atoms with Gasteiger partial charge in [0.2, 0.25) is 10.0 Å². The molecule has 2 heterocycles. The molecule has 0 radical (unpaired) electrons. The van der Waals surface area contributed by atoms with Crippen LogP contribution in [-0.4, -0.2) is 29.7 Å². The Morgan fingerprint density at radius 3 is 2.65 bits per heavy atom. The lowest BCUT2D eigenvalue weighted by atomic mass is 10.2. The number of nitrogen functional groups attached to an aromatic ring is 1. The van der Waals surface area contributed by atoms with Gasteiger partial charge in [0, 0.05) is 31.7 Å². The first-order valence-electron chi connectivity index (χ1n) is 6.24.